The third-order valence-electron chi connectivity index (χ3n) is 6.11. The number of para-hydroxylation sites is 2. The van der Waals surface area contributed by atoms with Crippen molar-refractivity contribution >= 4 is 11.0 Å². The highest BCUT2D eigenvalue weighted by Crippen LogP contribution is 2.34. The minimum atomic E-state index is 0.671. The molecular formula is C21H32N4. The van der Waals surface area contributed by atoms with Gasteiger partial charge in [-0.3, -0.25) is 0 Å². The molecule has 4 heteroatoms. The molecule has 1 aliphatic carbocycles. The van der Waals surface area contributed by atoms with Crippen LogP contribution in [-0.2, 0) is 6.54 Å². The van der Waals surface area contributed by atoms with Crippen LogP contribution in [0, 0.1) is 0 Å². The van der Waals surface area contributed by atoms with Crippen molar-refractivity contribution in [3.63, 3.8) is 0 Å². The average molecular weight is 341 g/mol. The molecule has 0 amide bonds. The minimum absolute atomic E-state index is 0.671. The van der Waals surface area contributed by atoms with Crippen molar-refractivity contribution in [3.8, 4) is 0 Å². The predicted octanol–water partition coefficient (Wildman–Crippen LogP) is 3.72. The smallest absolute Gasteiger partial charge is 0.112 e. The molecule has 1 aromatic carbocycles. The van der Waals surface area contributed by atoms with Gasteiger partial charge in [-0.05, 0) is 45.0 Å². The average Bonchev–Trinajstić information content (AvgIpc) is 3.03. The molecule has 0 atom stereocenters. The van der Waals surface area contributed by atoms with Gasteiger partial charge in [-0.25, -0.2) is 4.98 Å². The maximum atomic E-state index is 5.05. The lowest BCUT2D eigenvalue weighted by atomic mass is 9.88. The van der Waals surface area contributed by atoms with Crippen LogP contribution >= 0.6 is 0 Å². The lowest BCUT2D eigenvalue weighted by molar-refractivity contribution is 0.151. The molecule has 136 valence electrons. The number of benzene rings is 1. The van der Waals surface area contributed by atoms with E-state index in [0.29, 0.717) is 5.92 Å². The van der Waals surface area contributed by atoms with Gasteiger partial charge in [-0.15, -0.1) is 0 Å². The van der Waals surface area contributed by atoms with Gasteiger partial charge in [0.2, 0.25) is 0 Å². The minimum Gasteiger partial charge on any atom is -0.328 e. The van der Waals surface area contributed by atoms with E-state index in [1.54, 1.807) is 0 Å². The summed E-state index contributed by atoms with van der Waals surface area (Å²) in [5, 5.41) is 0. The Kier molecular flexibility index (Phi) is 5.37. The summed E-state index contributed by atoms with van der Waals surface area (Å²) >= 11 is 0. The molecule has 4 nitrogen and oxygen atoms in total. The summed E-state index contributed by atoms with van der Waals surface area (Å²) in [7, 11) is 2.23. The fraction of sp³-hybridized carbons (Fsp3) is 0.667. The lowest BCUT2D eigenvalue weighted by Crippen LogP contribution is -2.44. The van der Waals surface area contributed by atoms with Crippen molar-refractivity contribution in [1.29, 1.82) is 0 Å². The van der Waals surface area contributed by atoms with Gasteiger partial charge in [0, 0.05) is 38.6 Å². The Morgan fingerprint density at radius 1 is 0.960 bits per heavy atom. The highest BCUT2D eigenvalue weighted by atomic mass is 15.2. The van der Waals surface area contributed by atoms with E-state index in [9.17, 15) is 0 Å². The molecular weight excluding hydrogens is 308 g/mol. The zero-order chi connectivity index (χ0) is 17.1. The SMILES string of the molecule is CN1CCN(CCCn2c(C3CCCCC3)nc3ccccc32)CC1. The highest BCUT2D eigenvalue weighted by molar-refractivity contribution is 5.76. The molecule has 1 saturated carbocycles. The van der Waals surface area contributed by atoms with Crippen LogP contribution in [0.3, 0.4) is 0 Å². The van der Waals surface area contributed by atoms with Crippen molar-refractivity contribution in [3.05, 3.63) is 30.1 Å². The Labute approximate surface area is 151 Å². The molecule has 25 heavy (non-hydrogen) atoms. The van der Waals surface area contributed by atoms with Crippen LogP contribution in [0.5, 0.6) is 0 Å². The van der Waals surface area contributed by atoms with Crippen molar-refractivity contribution in [2.75, 3.05) is 39.8 Å². The van der Waals surface area contributed by atoms with Crippen molar-refractivity contribution in [2.45, 2.75) is 51.0 Å². The molecule has 1 aromatic heterocycles. The zero-order valence-electron chi connectivity index (χ0n) is 15.7. The van der Waals surface area contributed by atoms with Crippen LogP contribution in [-0.4, -0.2) is 59.1 Å². The van der Waals surface area contributed by atoms with Crippen LogP contribution in [0.4, 0.5) is 0 Å². The second kappa shape index (κ2) is 7.88. The molecule has 0 radical (unpaired) electrons. The Balaban J connectivity index is 1.47. The van der Waals surface area contributed by atoms with Gasteiger partial charge >= 0.3 is 0 Å². The van der Waals surface area contributed by atoms with Gasteiger partial charge in [0.25, 0.3) is 0 Å². The Hall–Kier alpha value is -1.39. The number of nitrogens with zero attached hydrogens (tertiary/aromatic N) is 4. The van der Waals surface area contributed by atoms with E-state index < -0.39 is 0 Å². The first-order valence-corrected chi connectivity index (χ1v) is 10.2. The third kappa shape index (κ3) is 3.90. The molecule has 0 spiro atoms. The van der Waals surface area contributed by atoms with E-state index in [0.717, 1.165) is 6.54 Å². The topological polar surface area (TPSA) is 24.3 Å². The van der Waals surface area contributed by atoms with Crippen LogP contribution < -0.4 is 0 Å². The maximum absolute atomic E-state index is 5.05. The summed E-state index contributed by atoms with van der Waals surface area (Å²) in [6.07, 6.45) is 8.01. The third-order valence-corrected chi connectivity index (χ3v) is 6.11. The number of aryl methyl sites for hydroxylation is 1. The number of hydrogen-bond donors (Lipinski definition) is 0. The van der Waals surface area contributed by atoms with Crippen molar-refractivity contribution in [1.82, 2.24) is 19.4 Å². The molecule has 1 saturated heterocycles. The fourth-order valence-electron chi connectivity index (χ4n) is 4.53. The van der Waals surface area contributed by atoms with E-state index >= 15 is 0 Å². The number of aromatic nitrogens is 2. The van der Waals surface area contributed by atoms with Gasteiger partial charge in [-0.1, -0.05) is 31.4 Å². The van der Waals surface area contributed by atoms with Crippen molar-refractivity contribution in [2.24, 2.45) is 0 Å². The Morgan fingerprint density at radius 3 is 2.52 bits per heavy atom. The van der Waals surface area contributed by atoms with Gasteiger partial charge in [0.15, 0.2) is 0 Å². The first-order valence-electron chi connectivity index (χ1n) is 10.2. The van der Waals surface area contributed by atoms with Crippen LogP contribution in [0.2, 0.25) is 0 Å². The van der Waals surface area contributed by atoms with Gasteiger partial charge in [0.1, 0.15) is 5.82 Å². The monoisotopic (exact) mass is 340 g/mol. The summed E-state index contributed by atoms with van der Waals surface area (Å²) in [5.41, 5.74) is 2.52. The number of piperazine rings is 1. The van der Waals surface area contributed by atoms with Gasteiger partial charge < -0.3 is 14.4 Å². The molecule has 2 aliphatic rings. The lowest BCUT2D eigenvalue weighted by Gasteiger charge is -2.32. The standard InChI is InChI=1S/C21H32N4/c1-23-14-16-24(17-15-23)12-7-13-25-20-11-6-5-10-19(20)22-21(25)18-8-3-2-4-9-18/h5-6,10-11,18H,2-4,7-9,12-17H2,1H3. The van der Waals surface area contributed by atoms with E-state index in [-0.39, 0.29) is 0 Å². The van der Waals surface area contributed by atoms with E-state index in [1.807, 2.05) is 0 Å². The summed E-state index contributed by atoms with van der Waals surface area (Å²) in [6, 6.07) is 8.71. The first kappa shape index (κ1) is 17.0. The summed E-state index contributed by atoms with van der Waals surface area (Å²) in [5.74, 6) is 2.03. The van der Waals surface area contributed by atoms with Crippen LogP contribution in [0.25, 0.3) is 11.0 Å². The summed E-state index contributed by atoms with van der Waals surface area (Å²) < 4.78 is 2.54. The Bertz CT molecular complexity index is 678. The Morgan fingerprint density at radius 2 is 1.72 bits per heavy atom. The number of likely N-dealkylation sites (N-methyl/N-ethyl adjacent to an activating group) is 1. The molecule has 1 aliphatic heterocycles. The zero-order valence-corrected chi connectivity index (χ0v) is 15.7. The van der Waals surface area contributed by atoms with Crippen molar-refractivity contribution < 1.29 is 0 Å². The normalized spacial score (nSPS) is 21.2. The molecule has 2 aromatic rings. The molecule has 0 unspecified atom stereocenters. The first-order chi connectivity index (χ1) is 12.3. The summed E-state index contributed by atoms with van der Waals surface area (Å²) in [6.45, 7) is 7.18. The number of fused-ring (bicyclic) bond motifs is 1. The van der Waals surface area contributed by atoms with E-state index in [1.165, 1.54) is 88.1 Å². The highest BCUT2D eigenvalue weighted by Gasteiger charge is 2.22. The second-order valence-corrected chi connectivity index (χ2v) is 7.94. The van der Waals surface area contributed by atoms with Gasteiger partial charge in [-0.2, -0.15) is 0 Å². The summed E-state index contributed by atoms with van der Waals surface area (Å²) in [4.78, 5) is 10.1. The molecule has 0 N–H and O–H groups in total. The van der Waals surface area contributed by atoms with Crippen LogP contribution in [0.15, 0.2) is 24.3 Å². The second-order valence-electron chi connectivity index (χ2n) is 7.94. The van der Waals surface area contributed by atoms with E-state index in [4.69, 9.17) is 4.98 Å². The quantitative estimate of drug-likeness (QED) is 0.829. The predicted molar refractivity (Wildman–Crippen MR) is 104 cm³/mol. The largest absolute Gasteiger partial charge is 0.328 e. The molecule has 0 bridgehead atoms. The number of hydrogen-bond acceptors (Lipinski definition) is 3. The molecule has 2 fully saturated rings. The molecule has 4 rings (SSSR count). The number of rotatable bonds is 5. The fourth-order valence-corrected chi connectivity index (χ4v) is 4.53. The van der Waals surface area contributed by atoms with E-state index in [2.05, 4.69) is 45.7 Å². The maximum Gasteiger partial charge on any atom is 0.112 e. The van der Waals surface area contributed by atoms with Crippen LogP contribution in [0.1, 0.15) is 50.3 Å². The molecule has 2 heterocycles. The number of imidazole rings is 1. The van der Waals surface area contributed by atoms with Gasteiger partial charge in [0.05, 0.1) is 11.0 Å².